The number of piperidine rings is 1. The minimum Gasteiger partial charge on any atom is -0.420 e. The Morgan fingerprint density at radius 2 is 2.16 bits per heavy atom. The third kappa shape index (κ3) is 2.76. The maximum Gasteiger partial charge on any atom is 0.249 e. The molecule has 1 saturated heterocycles. The van der Waals surface area contributed by atoms with Crippen LogP contribution >= 0.6 is 15.9 Å². The number of aromatic nitrogens is 4. The standard InChI is InChI=1S/C24H24BrN5O2/c1-23(22-29-28-21(32-22)15-7-16(25)11-26-9-15)12-24(31-3)17-5-4-6-18-20(17)14(10-27-18)8-19(24)30(2)13-23/h4-7,9-11,19,27H,8,12-13H2,1-3H3/t19-,23+,24+/m1/s1. The van der Waals surface area contributed by atoms with Gasteiger partial charge in [-0.15, -0.1) is 10.2 Å². The highest BCUT2D eigenvalue weighted by Crippen LogP contribution is 2.53. The number of benzene rings is 1. The van der Waals surface area contributed by atoms with Crippen LogP contribution in [0.3, 0.4) is 0 Å². The second kappa shape index (κ2) is 6.97. The molecule has 4 heterocycles. The summed E-state index contributed by atoms with van der Waals surface area (Å²) in [6.45, 7) is 3.00. The number of methoxy groups -OCH3 is 1. The fourth-order valence-corrected chi connectivity index (χ4v) is 6.28. The van der Waals surface area contributed by atoms with Crippen LogP contribution in [-0.4, -0.2) is 51.8 Å². The summed E-state index contributed by atoms with van der Waals surface area (Å²) in [7, 11) is 4.00. The average molecular weight is 494 g/mol. The van der Waals surface area contributed by atoms with Gasteiger partial charge in [-0.05, 0) is 66.0 Å². The van der Waals surface area contributed by atoms with Gasteiger partial charge < -0.3 is 14.1 Å². The second-order valence-corrected chi connectivity index (χ2v) is 10.2. The van der Waals surface area contributed by atoms with Crippen molar-refractivity contribution < 1.29 is 9.15 Å². The van der Waals surface area contributed by atoms with Crippen molar-refractivity contribution in [2.75, 3.05) is 20.7 Å². The van der Waals surface area contributed by atoms with Crippen LogP contribution in [0.5, 0.6) is 0 Å². The third-order valence-corrected chi connectivity index (χ3v) is 7.67. The van der Waals surface area contributed by atoms with E-state index in [9.17, 15) is 0 Å². The number of hydrogen-bond acceptors (Lipinski definition) is 6. The van der Waals surface area contributed by atoms with E-state index in [0.717, 1.165) is 34.9 Å². The molecule has 0 saturated carbocycles. The summed E-state index contributed by atoms with van der Waals surface area (Å²) in [4.78, 5) is 10.1. The predicted molar refractivity (Wildman–Crippen MR) is 124 cm³/mol. The van der Waals surface area contributed by atoms with Gasteiger partial charge in [-0.3, -0.25) is 9.88 Å². The smallest absolute Gasteiger partial charge is 0.249 e. The molecule has 1 aromatic carbocycles. The van der Waals surface area contributed by atoms with Crippen molar-refractivity contribution in [2.45, 2.75) is 36.8 Å². The lowest BCUT2D eigenvalue weighted by Gasteiger charge is -2.55. The van der Waals surface area contributed by atoms with Crippen LogP contribution in [0.2, 0.25) is 0 Å². The summed E-state index contributed by atoms with van der Waals surface area (Å²) in [5.74, 6) is 1.10. The van der Waals surface area contributed by atoms with E-state index in [4.69, 9.17) is 9.15 Å². The molecule has 7 nitrogen and oxygen atoms in total. The van der Waals surface area contributed by atoms with Gasteiger partial charge in [-0.25, -0.2) is 0 Å². The molecule has 3 atom stereocenters. The van der Waals surface area contributed by atoms with Gasteiger partial charge in [0.05, 0.1) is 11.0 Å². The summed E-state index contributed by atoms with van der Waals surface area (Å²) in [5, 5.41) is 10.1. The minimum absolute atomic E-state index is 0.228. The van der Waals surface area contributed by atoms with Crippen LogP contribution in [0, 0.1) is 0 Å². The molecule has 0 spiro atoms. The highest BCUT2D eigenvalue weighted by Gasteiger charge is 2.57. The number of nitrogens with one attached hydrogen (secondary N) is 1. The van der Waals surface area contributed by atoms with Crippen molar-refractivity contribution in [1.82, 2.24) is 25.1 Å². The maximum atomic E-state index is 6.43. The van der Waals surface area contributed by atoms with E-state index in [0.29, 0.717) is 11.8 Å². The monoisotopic (exact) mass is 493 g/mol. The molecule has 32 heavy (non-hydrogen) atoms. The molecule has 0 unspecified atom stereocenters. The number of H-pyrrole nitrogens is 1. The van der Waals surface area contributed by atoms with Gasteiger partial charge in [-0.1, -0.05) is 12.1 Å². The molecule has 1 aliphatic carbocycles. The molecule has 3 aromatic heterocycles. The van der Waals surface area contributed by atoms with E-state index in [-0.39, 0.29) is 11.5 Å². The zero-order chi connectivity index (χ0) is 22.1. The van der Waals surface area contributed by atoms with Crippen molar-refractivity contribution in [3.05, 3.63) is 64.3 Å². The normalized spacial score (nSPS) is 27.6. The Kier molecular flexibility index (Phi) is 4.38. The molecular formula is C24H24BrN5O2. The number of aromatic amines is 1. The number of halogens is 1. The van der Waals surface area contributed by atoms with E-state index >= 15 is 0 Å². The lowest BCUT2D eigenvalue weighted by atomic mass is 9.64. The molecule has 1 N–H and O–H groups in total. The van der Waals surface area contributed by atoms with E-state index < -0.39 is 5.60 Å². The molecule has 1 fully saturated rings. The number of pyridine rings is 1. The molecule has 4 aromatic rings. The van der Waals surface area contributed by atoms with Gasteiger partial charge in [0.1, 0.15) is 5.60 Å². The molecule has 0 amide bonds. The number of likely N-dealkylation sites (tertiary alicyclic amines) is 1. The highest BCUT2D eigenvalue weighted by molar-refractivity contribution is 9.10. The number of rotatable bonds is 3. The van der Waals surface area contributed by atoms with Crippen LogP contribution in [0.25, 0.3) is 22.4 Å². The highest BCUT2D eigenvalue weighted by atomic mass is 79.9. The van der Waals surface area contributed by atoms with Crippen LogP contribution in [0.15, 0.2) is 51.7 Å². The van der Waals surface area contributed by atoms with Gasteiger partial charge in [0.15, 0.2) is 0 Å². The largest absolute Gasteiger partial charge is 0.420 e. The molecule has 0 bridgehead atoms. The number of ether oxygens (including phenoxy) is 1. The van der Waals surface area contributed by atoms with Crippen molar-refractivity contribution in [3.8, 4) is 11.5 Å². The predicted octanol–water partition coefficient (Wildman–Crippen LogP) is 4.44. The molecular weight excluding hydrogens is 470 g/mol. The Labute approximate surface area is 194 Å². The van der Waals surface area contributed by atoms with Crippen LogP contribution < -0.4 is 0 Å². The molecule has 6 rings (SSSR count). The van der Waals surface area contributed by atoms with Crippen molar-refractivity contribution >= 4 is 26.8 Å². The first kappa shape index (κ1) is 20.1. The number of nitrogens with zero attached hydrogens (tertiary/aromatic N) is 4. The van der Waals surface area contributed by atoms with Gasteiger partial charge in [0.2, 0.25) is 11.8 Å². The van der Waals surface area contributed by atoms with E-state index in [1.54, 1.807) is 12.4 Å². The first-order valence-electron chi connectivity index (χ1n) is 10.7. The van der Waals surface area contributed by atoms with Crippen molar-refractivity contribution in [1.29, 1.82) is 0 Å². The summed E-state index contributed by atoms with van der Waals surface area (Å²) in [6.07, 6.45) is 7.31. The quantitative estimate of drug-likeness (QED) is 0.454. The first-order valence-corrected chi connectivity index (χ1v) is 11.5. The first-order chi connectivity index (χ1) is 15.4. The lowest BCUT2D eigenvalue weighted by Crippen LogP contribution is -2.63. The number of hydrogen-bond donors (Lipinski definition) is 1. The lowest BCUT2D eigenvalue weighted by molar-refractivity contribution is -0.133. The number of fused-ring (bicyclic) bond motifs is 2. The Morgan fingerprint density at radius 1 is 1.28 bits per heavy atom. The molecule has 2 aliphatic rings. The summed E-state index contributed by atoms with van der Waals surface area (Å²) < 4.78 is 13.5. The fraction of sp³-hybridized carbons (Fsp3) is 0.375. The van der Waals surface area contributed by atoms with Gasteiger partial charge in [-0.2, -0.15) is 0 Å². The molecule has 1 aliphatic heterocycles. The fourth-order valence-electron chi connectivity index (χ4n) is 5.92. The van der Waals surface area contributed by atoms with Gasteiger partial charge in [0, 0.05) is 53.7 Å². The third-order valence-electron chi connectivity index (χ3n) is 7.24. The van der Waals surface area contributed by atoms with E-state index in [1.165, 1.54) is 16.5 Å². The Bertz CT molecular complexity index is 1330. The maximum absolute atomic E-state index is 6.43. The molecule has 8 heteroatoms. The van der Waals surface area contributed by atoms with E-state index in [1.807, 2.05) is 13.2 Å². The van der Waals surface area contributed by atoms with Crippen LogP contribution in [0.1, 0.15) is 30.4 Å². The van der Waals surface area contributed by atoms with Crippen LogP contribution in [-0.2, 0) is 22.2 Å². The Morgan fingerprint density at radius 3 is 2.97 bits per heavy atom. The zero-order valence-corrected chi connectivity index (χ0v) is 19.8. The number of likely N-dealkylation sites (N-methyl/N-ethyl adjacent to an activating group) is 1. The van der Waals surface area contributed by atoms with Gasteiger partial charge in [0.25, 0.3) is 0 Å². The topological polar surface area (TPSA) is 80.1 Å². The summed E-state index contributed by atoms with van der Waals surface area (Å²) >= 11 is 3.46. The minimum atomic E-state index is -0.470. The molecule has 0 radical (unpaired) electrons. The van der Waals surface area contributed by atoms with Crippen LogP contribution in [0.4, 0.5) is 0 Å². The SMILES string of the molecule is CO[C@]12C[C@](C)(c3nnc(-c4cncc(Br)c4)o3)CN(C)[C@@H]1Cc1c[nH]c3cccc2c13. The molecule has 164 valence electrons. The van der Waals surface area contributed by atoms with Gasteiger partial charge >= 0.3 is 0 Å². The van der Waals surface area contributed by atoms with Crippen molar-refractivity contribution in [2.24, 2.45) is 0 Å². The van der Waals surface area contributed by atoms with Crippen molar-refractivity contribution in [3.63, 3.8) is 0 Å². The Balaban J connectivity index is 1.46. The summed E-state index contributed by atoms with van der Waals surface area (Å²) in [6, 6.07) is 8.61. The zero-order valence-electron chi connectivity index (χ0n) is 18.2. The summed E-state index contributed by atoms with van der Waals surface area (Å²) in [5.41, 5.74) is 3.70. The Hall–Kier alpha value is -2.55. The average Bonchev–Trinajstić information content (AvgIpc) is 3.44. The van der Waals surface area contributed by atoms with E-state index in [2.05, 4.69) is 79.4 Å². The second-order valence-electron chi connectivity index (χ2n) is 9.31.